The number of nitrogens with zero attached hydrogens (tertiary/aromatic N) is 2. The predicted octanol–water partition coefficient (Wildman–Crippen LogP) is 1.79. The van der Waals surface area contributed by atoms with Gasteiger partial charge in [-0.1, -0.05) is 0 Å². The fourth-order valence-electron chi connectivity index (χ4n) is 3.01. The van der Waals surface area contributed by atoms with Crippen LogP contribution in [0.4, 0.5) is 4.79 Å². The van der Waals surface area contributed by atoms with Crippen LogP contribution in [0.2, 0.25) is 0 Å². The summed E-state index contributed by atoms with van der Waals surface area (Å²) < 4.78 is 0. The third kappa shape index (κ3) is 2.92. The van der Waals surface area contributed by atoms with Crippen molar-refractivity contribution in [2.24, 2.45) is 5.73 Å². The normalized spacial score (nSPS) is 28.0. The maximum atomic E-state index is 12.5. The number of likely N-dealkylation sites (tertiary alicyclic amines) is 2. The molecular formula is C13H25N3O. The van der Waals surface area contributed by atoms with Crippen LogP contribution in [-0.4, -0.2) is 47.5 Å². The van der Waals surface area contributed by atoms with Gasteiger partial charge in [0.1, 0.15) is 0 Å². The molecule has 0 aromatic heterocycles. The van der Waals surface area contributed by atoms with Gasteiger partial charge in [0.05, 0.1) is 0 Å². The lowest BCUT2D eigenvalue weighted by molar-refractivity contribution is 0.101. The second-order valence-corrected chi connectivity index (χ2v) is 5.45. The molecule has 0 spiro atoms. The molecule has 4 nitrogen and oxygen atoms in total. The molecular weight excluding hydrogens is 214 g/mol. The molecule has 2 amide bonds. The van der Waals surface area contributed by atoms with Gasteiger partial charge < -0.3 is 15.5 Å². The lowest BCUT2D eigenvalue weighted by Gasteiger charge is -2.41. The molecule has 2 fully saturated rings. The first-order valence-electron chi connectivity index (χ1n) is 7.01. The maximum absolute atomic E-state index is 12.5. The molecule has 4 heteroatoms. The molecule has 2 aliphatic heterocycles. The van der Waals surface area contributed by atoms with Gasteiger partial charge in [-0.3, -0.25) is 0 Å². The van der Waals surface area contributed by atoms with Crippen molar-refractivity contribution >= 4 is 6.03 Å². The van der Waals surface area contributed by atoms with Crippen LogP contribution < -0.4 is 5.73 Å². The summed E-state index contributed by atoms with van der Waals surface area (Å²) in [5, 5.41) is 0. The Morgan fingerprint density at radius 1 is 1.12 bits per heavy atom. The number of urea groups is 1. The second-order valence-electron chi connectivity index (χ2n) is 5.45. The average molecular weight is 239 g/mol. The molecule has 0 aliphatic carbocycles. The van der Waals surface area contributed by atoms with Crippen LogP contribution in [0.3, 0.4) is 0 Å². The summed E-state index contributed by atoms with van der Waals surface area (Å²) in [6.45, 7) is 4.77. The molecule has 98 valence electrons. The van der Waals surface area contributed by atoms with Crippen LogP contribution in [0.25, 0.3) is 0 Å². The quantitative estimate of drug-likeness (QED) is 0.758. The monoisotopic (exact) mass is 239 g/mol. The second kappa shape index (κ2) is 5.71. The van der Waals surface area contributed by atoms with Crippen molar-refractivity contribution < 1.29 is 4.79 Å². The highest BCUT2D eigenvalue weighted by atomic mass is 16.2. The van der Waals surface area contributed by atoms with E-state index < -0.39 is 0 Å². The average Bonchev–Trinajstić information content (AvgIpc) is 2.39. The van der Waals surface area contributed by atoms with E-state index in [0.29, 0.717) is 0 Å². The van der Waals surface area contributed by atoms with Gasteiger partial charge in [0, 0.05) is 31.7 Å². The summed E-state index contributed by atoms with van der Waals surface area (Å²) in [5.41, 5.74) is 6.01. The van der Waals surface area contributed by atoms with Crippen molar-refractivity contribution in [1.29, 1.82) is 0 Å². The summed E-state index contributed by atoms with van der Waals surface area (Å²) in [7, 11) is 0. The summed E-state index contributed by atoms with van der Waals surface area (Å²) in [4.78, 5) is 16.5. The molecule has 2 N–H and O–H groups in total. The van der Waals surface area contributed by atoms with Gasteiger partial charge in [0.2, 0.25) is 0 Å². The van der Waals surface area contributed by atoms with Gasteiger partial charge in [-0.05, 0) is 45.4 Å². The SMILES string of the molecule is CC(N)C1CCCCN1C(=O)N1CCCCC1. The van der Waals surface area contributed by atoms with Crippen molar-refractivity contribution in [2.75, 3.05) is 19.6 Å². The zero-order valence-electron chi connectivity index (χ0n) is 10.9. The summed E-state index contributed by atoms with van der Waals surface area (Å²) in [6.07, 6.45) is 6.97. The van der Waals surface area contributed by atoms with Gasteiger partial charge in [-0.2, -0.15) is 0 Å². The summed E-state index contributed by atoms with van der Waals surface area (Å²) in [5.74, 6) is 0. The molecule has 17 heavy (non-hydrogen) atoms. The number of carbonyl (C=O) groups is 1. The van der Waals surface area contributed by atoms with Gasteiger partial charge in [0.15, 0.2) is 0 Å². The number of carbonyl (C=O) groups excluding carboxylic acids is 1. The van der Waals surface area contributed by atoms with Crippen LogP contribution in [0.1, 0.15) is 45.4 Å². The fraction of sp³-hybridized carbons (Fsp3) is 0.923. The minimum absolute atomic E-state index is 0.0871. The Kier molecular flexibility index (Phi) is 4.26. The first kappa shape index (κ1) is 12.7. The van der Waals surface area contributed by atoms with Gasteiger partial charge in [-0.15, -0.1) is 0 Å². The molecule has 2 atom stereocenters. The van der Waals surface area contributed by atoms with E-state index in [1.54, 1.807) is 0 Å². The first-order chi connectivity index (χ1) is 8.20. The van der Waals surface area contributed by atoms with Crippen molar-refractivity contribution in [2.45, 2.75) is 57.5 Å². The topological polar surface area (TPSA) is 49.6 Å². The largest absolute Gasteiger partial charge is 0.326 e. The number of piperidine rings is 2. The highest BCUT2D eigenvalue weighted by Crippen LogP contribution is 2.22. The van der Waals surface area contributed by atoms with E-state index in [1.165, 1.54) is 12.8 Å². The molecule has 0 bridgehead atoms. The van der Waals surface area contributed by atoms with Gasteiger partial charge in [0.25, 0.3) is 0 Å². The van der Waals surface area contributed by atoms with Crippen LogP contribution in [-0.2, 0) is 0 Å². The lowest BCUT2D eigenvalue weighted by Crippen LogP contribution is -2.56. The number of rotatable bonds is 1. The molecule has 0 aromatic rings. The fourth-order valence-corrected chi connectivity index (χ4v) is 3.01. The highest BCUT2D eigenvalue weighted by molar-refractivity contribution is 5.75. The minimum atomic E-state index is 0.0871. The van der Waals surface area contributed by atoms with Gasteiger partial charge in [-0.25, -0.2) is 4.79 Å². The summed E-state index contributed by atoms with van der Waals surface area (Å²) >= 11 is 0. The number of amides is 2. The molecule has 0 radical (unpaired) electrons. The highest BCUT2D eigenvalue weighted by Gasteiger charge is 2.32. The third-order valence-electron chi connectivity index (χ3n) is 4.03. The van der Waals surface area contributed by atoms with E-state index in [1.807, 2.05) is 16.7 Å². The van der Waals surface area contributed by atoms with E-state index in [4.69, 9.17) is 5.73 Å². The maximum Gasteiger partial charge on any atom is 0.320 e. The Labute approximate surface area is 104 Å². The van der Waals surface area contributed by atoms with Crippen molar-refractivity contribution in [1.82, 2.24) is 9.80 Å². The molecule has 0 aromatic carbocycles. The lowest BCUT2D eigenvalue weighted by atomic mass is 9.97. The van der Waals surface area contributed by atoms with E-state index in [0.717, 1.165) is 45.3 Å². The predicted molar refractivity (Wildman–Crippen MR) is 68.8 cm³/mol. The van der Waals surface area contributed by atoms with E-state index in [9.17, 15) is 4.79 Å². The third-order valence-corrected chi connectivity index (χ3v) is 4.03. The Balaban J connectivity index is 1.99. The molecule has 2 saturated heterocycles. The van der Waals surface area contributed by atoms with Crippen LogP contribution in [0, 0.1) is 0 Å². The van der Waals surface area contributed by atoms with Crippen molar-refractivity contribution in [3.8, 4) is 0 Å². The molecule has 2 rings (SSSR count). The Morgan fingerprint density at radius 2 is 1.76 bits per heavy atom. The zero-order valence-corrected chi connectivity index (χ0v) is 10.9. The van der Waals surface area contributed by atoms with Crippen LogP contribution in [0.15, 0.2) is 0 Å². The van der Waals surface area contributed by atoms with Crippen LogP contribution in [0.5, 0.6) is 0 Å². The molecule has 2 unspecified atom stereocenters. The summed E-state index contributed by atoms with van der Waals surface area (Å²) in [6, 6.07) is 0.564. The Hall–Kier alpha value is -0.770. The number of hydrogen-bond donors (Lipinski definition) is 1. The van der Waals surface area contributed by atoms with E-state index in [-0.39, 0.29) is 18.1 Å². The standard InChI is InChI=1S/C13H25N3O/c1-11(14)12-7-3-6-10-16(12)13(17)15-8-4-2-5-9-15/h11-12H,2-10,14H2,1H3. The van der Waals surface area contributed by atoms with Crippen LogP contribution >= 0.6 is 0 Å². The molecule has 2 heterocycles. The van der Waals surface area contributed by atoms with Gasteiger partial charge >= 0.3 is 6.03 Å². The van der Waals surface area contributed by atoms with Crippen molar-refractivity contribution in [3.05, 3.63) is 0 Å². The van der Waals surface area contributed by atoms with E-state index >= 15 is 0 Å². The Bertz CT molecular complexity index is 261. The Morgan fingerprint density at radius 3 is 2.41 bits per heavy atom. The van der Waals surface area contributed by atoms with E-state index in [2.05, 4.69) is 0 Å². The zero-order chi connectivity index (χ0) is 12.3. The number of hydrogen-bond acceptors (Lipinski definition) is 2. The molecule has 2 aliphatic rings. The molecule has 0 saturated carbocycles. The number of nitrogens with two attached hydrogens (primary N) is 1. The first-order valence-corrected chi connectivity index (χ1v) is 7.01. The minimum Gasteiger partial charge on any atom is -0.326 e. The van der Waals surface area contributed by atoms with Crippen molar-refractivity contribution in [3.63, 3.8) is 0 Å². The smallest absolute Gasteiger partial charge is 0.320 e.